The van der Waals surface area contributed by atoms with Gasteiger partial charge in [0.15, 0.2) is 0 Å². The van der Waals surface area contributed by atoms with E-state index in [4.69, 9.17) is 4.74 Å². The first-order valence-electron chi connectivity index (χ1n) is 7.85. The van der Waals surface area contributed by atoms with Gasteiger partial charge in [-0.15, -0.1) is 0 Å². The molecule has 0 aliphatic heterocycles. The number of hydrogen-bond donors (Lipinski definition) is 1. The molecule has 1 aromatic rings. The summed E-state index contributed by atoms with van der Waals surface area (Å²) in [5.74, 6) is 0.977. The van der Waals surface area contributed by atoms with Crippen molar-refractivity contribution < 1.29 is 4.74 Å². The van der Waals surface area contributed by atoms with Gasteiger partial charge >= 0.3 is 0 Å². The van der Waals surface area contributed by atoms with Crippen molar-refractivity contribution in [1.82, 2.24) is 10.2 Å². The molecule has 1 unspecified atom stereocenters. The monoisotopic (exact) mass is 278 g/mol. The summed E-state index contributed by atoms with van der Waals surface area (Å²) in [6.07, 6.45) is 2.51. The summed E-state index contributed by atoms with van der Waals surface area (Å²) in [4.78, 5) is 2.52. The third-order valence-electron chi connectivity index (χ3n) is 3.68. The highest BCUT2D eigenvalue weighted by Gasteiger charge is 2.17. The zero-order valence-electron chi connectivity index (χ0n) is 13.5. The van der Waals surface area contributed by atoms with E-state index in [1.807, 2.05) is 12.1 Å². The molecular formula is C17H30N2O. The minimum atomic E-state index is 0.327. The third kappa shape index (κ3) is 5.14. The number of ether oxygens (including phenoxy) is 1. The number of para-hydroxylation sites is 1. The zero-order chi connectivity index (χ0) is 14.8. The lowest BCUT2D eigenvalue weighted by molar-refractivity contribution is 0.248. The van der Waals surface area contributed by atoms with Gasteiger partial charge in [0, 0.05) is 18.2 Å². The molecule has 1 N–H and O–H groups in total. The molecule has 3 nitrogen and oxygen atoms in total. The van der Waals surface area contributed by atoms with Crippen molar-refractivity contribution in [3.63, 3.8) is 0 Å². The molecule has 1 atom stereocenters. The molecule has 3 heteroatoms. The van der Waals surface area contributed by atoms with Gasteiger partial charge in [-0.25, -0.2) is 0 Å². The van der Waals surface area contributed by atoms with Gasteiger partial charge in [-0.1, -0.05) is 45.4 Å². The molecule has 20 heavy (non-hydrogen) atoms. The first-order valence-corrected chi connectivity index (χ1v) is 7.85. The molecule has 1 aromatic carbocycles. The van der Waals surface area contributed by atoms with Crippen LogP contribution in [0.3, 0.4) is 0 Å². The third-order valence-corrected chi connectivity index (χ3v) is 3.68. The fraction of sp³-hybridized carbons (Fsp3) is 0.647. The van der Waals surface area contributed by atoms with Crippen LogP contribution in [-0.4, -0.2) is 38.2 Å². The SMILES string of the molecule is CCCCN(CC)CC(NCC)c1ccccc1OC. The van der Waals surface area contributed by atoms with Gasteiger partial charge in [-0.2, -0.15) is 0 Å². The summed E-state index contributed by atoms with van der Waals surface area (Å²) in [5, 5.41) is 3.59. The lowest BCUT2D eigenvalue weighted by atomic mass is 10.0. The highest BCUT2D eigenvalue weighted by atomic mass is 16.5. The molecule has 0 saturated carbocycles. The number of methoxy groups -OCH3 is 1. The maximum atomic E-state index is 5.51. The average molecular weight is 278 g/mol. The molecule has 0 heterocycles. The fourth-order valence-electron chi connectivity index (χ4n) is 2.49. The van der Waals surface area contributed by atoms with Gasteiger partial charge in [-0.05, 0) is 32.1 Å². The number of benzene rings is 1. The lowest BCUT2D eigenvalue weighted by Crippen LogP contribution is -2.36. The number of likely N-dealkylation sites (N-methyl/N-ethyl adjacent to an activating group) is 2. The van der Waals surface area contributed by atoms with E-state index in [9.17, 15) is 0 Å². The van der Waals surface area contributed by atoms with E-state index in [2.05, 4.69) is 43.1 Å². The van der Waals surface area contributed by atoms with Crippen LogP contribution in [-0.2, 0) is 0 Å². The van der Waals surface area contributed by atoms with Crippen molar-refractivity contribution in [3.8, 4) is 5.75 Å². The van der Waals surface area contributed by atoms with Crippen molar-refractivity contribution in [2.75, 3.05) is 33.3 Å². The summed E-state index contributed by atoms with van der Waals surface area (Å²) in [6, 6.07) is 8.65. The van der Waals surface area contributed by atoms with E-state index in [1.54, 1.807) is 7.11 Å². The first-order chi connectivity index (χ1) is 9.76. The van der Waals surface area contributed by atoms with E-state index in [1.165, 1.54) is 24.9 Å². The largest absolute Gasteiger partial charge is 0.496 e. The highest BCUT2D eigenvalue weighted by Crippen LogP contribution is 2.25. The lowest BCUT2D eigenvalue weighted by Gasteiger charge is -2.28. The van der Waals surface area contributed by atoms with E-state index in [-0.39, 0.29) is 0 Å². The molecular weight excluding hydrogens is 248 g/mol. The van der Waals surface area contributed by atoms with Crippen LogP contribution in [0, 0.1) is 0 Å². The maximum absolute atomic E-state index is 5.51. The van der Waals surface area contributed by atoms with Crippen molar-refractivity contribution in [3.05, 3.63) is 29.8 Å². The Kier molecular flexibility index (Phi) is 8.31. The maximum Gasteiger partial charge on any atom is 0.123 e. The van der Waals surface area contributed by atoms with Gasteiger partial charge in [0.05, 0.1) is 7.11 Å². The molecule has 0 aliphatic rings. The summed E-state index contributed by atoms with van der Waals surface area (Å²) in [6.45, 7) is 10.9. The van der Waals surface area contributed by atoms with Crippen LogP contribution in [0.4, 0.5) is 0 Å². The van der Waals surface area contributed by atoms with Crippen LogP contribution in [0.15, 0.2) is 24.3 Å². The van der Waals surface area contributed by atoms with Crippen molar-refractivity contribution >= 4 is 0 Å². The molecule has 0 amide bonds. The Morgan fingerprint density at radius 1 is 1.20 bits per heavy atom. The van der Waals surface area contributed by atoms with E-state index in [0.29, 0.717) is 6.04 Å². The summed E-state index contributed by atoms with van der Waals surface area (Å²) in [7, 11) is 1.75. The summed E-state index contributed by atoms with van der Waals surface area (Å²) < 4.78 is 5.51. The average Bonchev–Trinajstić information content (AvgIpc) is 2.50. The standard InChI is InChI=1S/C17H30N2O/c1-5-8-13-19(7-3)14-16(18-6-2)15-11-9-10-12-17(15)20-4/h9-12,16,18H,5-8,13-14H2,1-4H3. The topological polar surface area (TPSA) is 24.5 Å². The normalized spacial score (nSPS) is 12.7. The first kappa shape index (κ1) is 17.0. The van der Waals surface area contributed by atoms with E-state index >= 15 is 0 Å². The second kappa shape index (κ2) is 9.78. The number of nitrogens with zero attached hydrogens (tertiary/aromatic N) is 1. The Morgan fingerprint density at radius 2 is 1.95 bits per heavy atom. The second-order valence-corrected chi connectivity index (χ2v) is 5.10. The highest BCUT2D eigenvalue weighted by molar-refractivity contribution is 5.36. The van der Waals surface area contributed by atoms with Crippen LogP contribution >= 0.6 is 0 Å². The van der Waals surface area contributed by atoms with Gasteiger partial charge < -0.3 is 15.0 Å². The van der Waals surface area contributed by atoms with Crippen LogP contribution in [0.1, 0.15) is 45.2 Å². The second-order valence-electron chi connectivity index (χ2n) is 5.10. The molecule has 0 spiro atoms. The molecule has 1 rings (SSSR count). The number of hydrogen-bond acceptors (Lipinski definition) is 3. The molecule has 0 saturated heterocycles. The summed E-state index contributed by atoms with van der Waals surface area (Å²) >= 11 is 0. The zero-order valence-corrected chi connectivity index (χ0v) is 13.5. The Morgan fingerprint density at radius 3 is 2.55 bits per heavy atom. The van der Waals surface area contributed by atoms with Crippen LogP contribution in [0.2, 0.25) is 0 Å². The molecule has 0 fully saturated rings. The predicted molar refractivity (Wildman–Crippen MR) is 86.4 cm³/mol. The number of unbranched alkanes of at least 4 members (excludes halogenated alkanes) is 1. The van der Waals surface area contributed by atoms with Crippen LogP contribution < -0.4 is 10.1 Å². The number of nitrogens with one attached hydrogen (secondary N) is 1. The molecule has 0 aliphatic carbocycles. The van der Waals surface area contributed by atoms with Crippen molar-refractivity contribution in [2.45, 2.75) is 39.7 Å². The molecule has 114 valence electrons. The molecule has 0 bridgehead atoms. The quantitative estimate of drug-likeness (QED) is 0.709. The van der Waals surface area contributed by atoms with Crippen LogP contribution in [0.25, 0.3) is 0 Å². The fourth-order valence-corrected chi connectivity index (χ4v) is 2.49. The van der Waals surface area contributed by atoms with Gasteiger partial charge in [0.1, 0.15) is 5.75 Å². The Bertz CT molecular complexity index is 368. The number of rotatable bonds is 10. The summed E-state index contributed by atoms with van der Waals surface area (Å²) in [5.41, 5.74) is 1.26. The molecule has 0 aromatic heterocycles. The Balaban J connectivity index is 2.81. The minimum absolute atomic E-state index is 0.327. The Hall–Kier alpha value is -1.06. The minimum Gasteiger partial charge on any atom is -0.496 e. The van der Waals surface area contributed by atoms with Gasteiger partial charge in [0.2, 0.25) is 0 Å². The van der Waals surface area contributed by atoms with Crippen molar-refractivity contribution in [1.29, 1.82) is 0 Å². The van der Waals surface area contributed by atoms with E-state index in [0.717, 1.165) is 25.4 Å². The molecule has 0 radical (unpaired) electrons. The van der Waals surface area contributed by atoms with Gasteiger partial charge in [-0.3, -0.25) is 0 Å². The predicted octanol–water partition coefficient (Wildman–Crippen LogP) is 3.47. The van der Waals surface area contributed by atoms with Crippen LogP contribution in [0.5, 0.6) is 5.75 Å². The smallest absolute Gasteiger partial charge is 0.123 e. The Labute approximate surface area is 124 Å². The van der Waals surface area contributed by atoms with Crippen molar-refractivity contribution in [2.24, 2.45) is 0 Å². The van der Waals surface area contributed by atoms with Gasteiger partial charge in [0.25, 0.3) is 0 Å². The van der Waals surface area contributed by atoms with E-state index < -0.39 is 0 Å².